The summed E-state index contributed by atoms with van der Waals surface area (Å²) in [5.74, 6) is -1.29. The molecule has 0 radical (unpaired) electrons. The third-order valence-electron chi connectivity index (χ3n) is 9.36. The average molecular weight is 596 g/mol. The lowest BCUT2D eigenvalue weighted by Gasteiger charge is -2.48. The Balaban J connectivity index is 1.34. The molecule has 218 valence electrons. The number of amides is 1. The van der Waals surface area contributed by atoms with Gasteiger partial charge in [0.15, 0.2) is 5.83 Å². The predicted molar refractivity (Wildman–Crippen MR) is 167 cm³/mol. The normalized spacial score (nSPS) is 21.6. The first kappa shape index (κ1) is 27.6. The van der Waals surface area contributed by atoms with Crippen LogP contribution in [0.25, 0.3) is 32.8 Å². The van der Waals surface area contributed by atoms with E-state index >= 15 is 0 Å². The summed E-state index contributed by atoms with van der Waals surface area (Å²) in [6.07, 6.45) is 2.82. The highest BCUT2D eigenvalue weighted by Gasteiger charge is 2.50. The van der Waals surface area contributed by atoms with Crippen LogP contribution in [-0.4, -0.2) is 72.1 Å². The number of anilines is 1. The second-order valence-electron chi connectivity index (χ2n) is 11.7. The Hall–Kier alpha value is -4.19. The van der Waals surface area contributed by atoms with Crippen molar-refractivity contribution in [1.29, 1.82) is 5.26 Å². The highest BCUT2D eigenvalue weighted by atomic mass is 35.5. The van der Waals surface area contributed by atoms with Gasteiger partial charge in [0.05, 0.1) is 23.3 Å². The van der Waals surface area contributed by atoms with Gasteiger partial charge < -0.3 is 19.4 Å². The fraction of sp³-hybridized carbons (Fsp3) is 0.324. The minimum Gasteiger partial charge on any atom is -0.475 e. The molecule has 3 aliphatic rings. The molecule has 43 heavy (non-hydrogen) atoms. The fourth-order valence-corrected chi connectivity index (χ4v) is 7.37. The molecular formula is C34H31ClFN5O2. The van der Waals surface area contributed by atoms with Crippen molar-refractivity contribution in [3.63, 3.8) is 0 Å². The minimum absolute atomic E-state index is 0.0358. The number of nitriles is 1. The van der Waals surface area contributed by atoms with Crippen molar-refractivity contribution in [1.82, 2.24) is 14.8 Å². The van der Waals surface area contributed by atoms with E-state index in [-0.39, 0.29) is 18.1 Å². The van der Waals surface area contributed by atoms with Crippen LogP contribution in [0.4, 0.5) is 10.1 Å². The summed E-state index contributed by atoms with van der Waals surface area (Å²) in [7, 11) is 2.09. The second kappa shape index (κ2) is 10.8. The quantitative estimate of drug-likeness (QED) is 0.243. The Morgan fingerprint density at radius 1 is 1.16 bits per heavy atom. The Kier molecular flexibility index (Phi) is 6.95. The summed E-state index contributed by atoms with van der Waals surface area (Å²) in [5.41, 5.74) is 3.79. The van der Waals surface area contributed by atoms with Gasteiger partial charge in [-0.15, -0.1) is 0 Å². The van der Waals surface area contributed by atoms with Crippen LogP contribution in [0.3, 0.4) is 0 Å². The van der Waals surface area contributed by atoms with E-state index in [2.05, 4.69) is 35.6 Å². The number of carbonyl (C=O) groups excluding carboxylic acids is 1. The Bertz CT molecular complexity index is 1830. The van der Waals surface area contributed by atoms with E-state index in [4.69, 9.17) is 21.3 Å². The number of benzene rings is 3. The van der Waals surface area contributed by atoms with E-state index < -0.39 is 11.7 Å². The molecule has 4 aromatic rings. The Labute approximate surface area is 254 Å². The maximum Gasteiger partial charge on any atom is 0.282 e. The van der Waals surface area contributed by atoms with Crippen molar-refractivity contribution >= 4 is 44.9 Å². The number of likely N-dealkylation sites (tertiary alicyclic amines) is 2. The Morgan fingerprint density at radius 2 is 1.98 bits per heavy atom. The molecule has 0 N–H and O–H groups in total. The second-order valence-corrected chi connectivity index (χ2v) is 12.1. The molecule has 3 fully saturated rings. The van der Waals surface area contributed by atoms with Crippen molar-refractivity contribution in [2.75, 3.05) is 38.2 Å². The molecule has 3 aliphatic heterocycles. The number of hydrogen-bond acceptors (Lipinski definition) is 6. The van der Waals surface area contributed by atoms with Crippen LogP contribution in [0.15, 0.2) is 67.0 Å². The number of nitrogens with zero attached hydrogens (tertiary/aromatic N) is 5. The summed E-state index contributed by atoms with van der Waals surface area (Å²) in [6, 6.07) is 20.5. The van der Waals surface area contributed by atoms with Crippen LogP contribution in [-0.2, 0) is 4.79 Å². The number of rotatable bonds is 6. The summed E-state index contributed by atoms with van der Waals surface area (Å²) in [4.78, 5) is 23.4. The number of halogens is 2. The maximum atomic E-state index is 13.7. The van der Waals surface area contributed by atoms with Crippen LogP contribution in [0.2, 0.25) is 5.02 Å². The number of aromatic nitrogens is 1. The van der Waals surface area contributed by atoms with E-state index in [1.54, 1.807) is 4.90 Å². The molecule has 7 rings (SSSR count). The van der Waals surface area contributed by atoms with Crippen LogP contribution < -0.4 is 9.64 Å². The molecular weight excluding hydrogens is 565 g/mol. The lowest BCUT2D eigenvalue weighted by molar-refractivity contribution is -0.130. The third kappa shape index (κ3) is 4.59. The zero-order chi connectivity index (χ0) is 29.8. The topological polar surface area (TPSA) is 72.7 Å². The van der Waals surface area contributed by atoms with E-state index in [9.17, 15) is 14.4 Å². The molecule has 0 spiro atoms. The number of likely N-dealkylation sites (N-methyl/N-ethyl adjacent to an activating group) is 1. The molecule has 0 aliphatic carbocycles. The van der Waals surface area contributed by atoms with Crippen LogP contribution in [0.5, 0.6) is 5.88 Å². The van der Waals surface area contributed by atoms with Crippen molar-refractivity contribution in [2.24, 2.45) is 0 Å². The largest absolute Gasteiger partial charge is 0.475 e. The highest BCUT2D eigenvalue weighted by Crippen LogP contribution is 2.45. The molecule has 9 heteroatoms. The van der Waals surface area contributed by atoms with Gasteiger partial charge in [-0.2, -0.15) is 5.26 Å². The van der Waals surface area contributed by atoms with Gasteiger partial charge in [0, 0.05) is 34.9 Å². The van der Waals surface area contributed by atoms with Gasteiger partial charge in [-0.05, 0) is 61.5 Å². The number of ether oxygens (including phenoxy) is 1. The van der Waals surface area contributed by atoms with Crippen molar-refractivity contribution in [3.05, 3.63) is 77.6 Å². The first-order chi connectivity index (χ1) is 20.9. The Morgan fingerprint density at radius 3 is 2.72 bits per heavy atom. The molecule has 3 atom stereocenters. The zero-order valence-corrected chi connectivity index (χ0v) is 24.6. The van der Waals surface area contributed by atoms with Crippen LogP contribution >= 0.6 is 11.6 Å². The molecule has 3 saturated heterocycles. The summed E-state index contributed by atoms with van der Waals surface area (Å²) >= 11 is 6.67. The van der Waals surface area contributed by atoms with Gasteiger partial charge in [-0.3, -0.25) is 4.79 Å². The van der Waals surface area contributed by atoms with Crippen LogP contribution in [0.1, 0.15) is 24.8 Å². The van der Waals surface area contributed by atoms with Gasteiger partial charge in [-0.1, -0.05) is 60.6 Å². The van der Waals surface area contributed by atoms with Gasteiger partial charge in [0.25, 0.3) is 5.91 Å². The summed E-state index contributed by atoms with van der Waals surface area (Å²) in [5, 5.41) is 14.0. The molecule has 0 unspecified atom stereocenters. The first-order valence-electron chi connectivity index (χ1n) is 14.7. The van der Waals surface area contributed by atoms with Gasteiger partial charge >= 0.3 is 0 Å². The van der Waals surface area contributed by atoms with Crippen molar-refractivity contribution in [2.45, 2.75) is 37.4 Å². The molecule has 4 heterocycles. The molecule has 0 saturated carbocycles. The molecule has 3 aromatic carbocycles. The van der Waals surface area contributed by atoms with Gasteiger partial charge in [0.1, 0.15) is 18.2 Å². The van der Waals surface area contributed by atoms with Gasteiger partial charge in [0.2, 0.25) is 5.88 Å². The zero-order valence-electron chi connectivity index (χ0n) is 23.9. The van der Waals surface area contributed by atoms with Gasteiger partial charge in [-0.25, -0.2) is 9.37 Å². The highest BCUT2D eigenvalue weighted by molar-refractivity contribution is 6.36. The van der Waals surface area contributed by atoms with Crippen molar-refractivity contribution in [3.8, 4) is 23.1 Å². The lowest BCUT2D eigenvalue weighted by Crippen LogP contribution is -2.63. The van der Waals surface area contributed by atoms with E-state index in [0.29, 0.717) is 48.1 Å². The van der Waals surface area contributed by atoms with E-state index in [0.717, 1.165) is 52.4 Å². The van der Waals surface area contributed by atoms with E-state index in [1.165, 1.54) is 0 Å². The monoisotopic (exact) mass is 595 g/mol. The number of fused-ring (bicyclic) bond motifs is 3. The molecule has 1 amide bonds. The molecule has 0 bridgehead atoms. The fourth-order valence-electron chi connectivity index (χ4n) is 7.08. The SMILES string of the molecule is C=C(F)C(=O)N1CC[C@@H]2[C@H]1CN2c1c(C#N)c(OC[C@@H]2CCCN2C)nc2cc(-c3cccc4cccc(Cl)c34)ccc12. The molecule has 1 aromatic heterocycles. The molecule has 7 nitrogen and oxygen atoms in total. The van der Waals surface area contributed by atoms with E-state index in [1.807, 2.05) is 48.5 Å². The maximum absolute atomic E-state index is 13.7. The third-order valence-corrected chi connectivity index (χ3v) is 9.68. The first-order valence-corrected chi connectivity index (χ1v) is 15.0. The van der Waals surface area contributed by atoms with Crippen LogP contribution in [0, 0.1) is 11.3 Å². The summed E-state index contributed by atoms with van der Waals surface area (Å²) < 4.78 is 20.1. The standard InChI is InChI=1S/C34H31ClFN5O2/c1-20(36)34(42)40-15-13-29-30(40)18-41(29)32-25-12-11-22(24-9-3-6-21-7-4-10-27(35)31(21)24)16-28(25)38-33(26(32)17-37)43-19-23-8-5-14-39(23)2/h3-4,6-7,9-12,16,23,29-30H,1,5,8,13-15,18-19H2,2H3/t23-,29+,30+/m0/s1. The number of pyridine rings is 1. The predicted octanol–water partition coefficient (Wildman–Crippen LogP) is 6.33. The smallest absolute Gasteiger partial charge is 0.282 e. The average Bonchev–Trinajstić information content (AvgIpc) is 3.56. The summed E-state index contributed by atoms with van der Waals surface area (Å²) in [6.45, 7) is 5.60. The number of carbonyl (C=O) groups is 1. The number of hydrogen-bond donors (Lipinski definition) is 0. The lowest BCUT2D eigenvalue weighted by atomic mass is 9.92. The van der Waals surface area contributed by atoms with Crippen molar-refractivity contribution < 1.29 is 13.9 Å². The minimum atomic E-state index is -0.945.